The first-order chi connectivity index (χ1) is 9.47. The zero-order valence-electron chi connectivity index (χ0n) is 10.4. The number of nitrogens with one attached hydrogen (secondary N) is 1. The van der Waals surface area contributed by atoms with Crippen LogP contribution in [0.3, 0.4) is 0 Å². The maximum Gasteiger partial charge on any atom is 0.234 e. The van der Waals surface area contributed by atoms with Crippen molar-refractivity contribution >= 4 is 35.0 Å². The monoisotopic (exact) mass is 315 g/mol. The summed E-state index contributed by atoms with van der Waals surface area (Å²) in [5, 5.41) is 10.6. The lowest BCUT2D eigenvalue weighted by Gasteiger charge is -2.05. The normalized spacial score (nSPS) is 10.6. The van der Waals surface area contributed by atoms with Crippen LogP contribution in [0.5, 0.6) is 0 Å². The van der Waals surface area contributed by atoms with Gasteiger partial charge in [-0.15, -0.1) is 10.2 Å². The highest BCUT2D eigenvalue weighted by atomic mass is 35.5. The number of rotatable bonds is 4. The molecule has 0 aliphatic rings. The molecular weight excluding hydrogens is 305 g/mol. The van der Waals surface area contributed by atoms with Gasteiger partial charge in [-0.25, -0.2) is 9.07 Å². The van der Waals surface area contributed by atoms with E-state index in [1.165, 1.54) is 22.9 Å². The number of carbonyl (C=O) groups excluding carboxylic acids is 1. The number of aryl methyl sites for hydroxylation is 1. The molecule has 0 spiro atoms. The number of nitrogens with two attached hydrogens (primary N) is 1. The van der Waals surface area contributed by atoms with Gasteiger partial charge in [-0.2, -0.15) is 0 Å². The second kappa shape index (κ2) is 6.10. The molecule has 0 aliphatic heterocycles. The summed E-state index contributed by atoms with van der Waals surface area (Å²) in [6.45, 7) is 1.71. The number of carbonyl (C=O) groups is 1. The molecule has 2 rings (SSSR count). The Labute approximate surface area is 123 Å². The van der Waals surface area contributed by atoms with E-state index in [9.17, 15) is 9.18 Å². The molecule has 106 valence electrons. The summed E-state index contributed by atoms with van der Waals surface area (Å²) in [6.07, 6.45) is 0. The Hall–Kier alpha value is -1.80. The number of nitrogens with zero attached hydrogens (tertiary/aromatic N) is 3. The predicted molar refractivity (Wildman–Crippen MR) is 75.7 cm³/mol. The number of thioether (sulfide) groups is 1. The first-order valence-electron chi connectivity index (χ1n) is 5.52. The topological polar surface area (TPSA) is 85.8 Å². The van der Waals surface area contributed by atoms with Crippen molar-refractivity contribution < 1.29 is 9.18 Å². The fourth-order valence-corrected chi connectivity index (χ4v) is 2.23. The van der Waals surface area contributed by atoms with Gasteiger partial charge in [0.25, 0.3) is 0 Å². The lowest BCUT2D eigenvalue weighted by Crippen LogP contribution is -2.16. The highest BCUT2D eigenvalue weighted by Crippen LogP contribution is 2.20. The number of aromatic nitrogens is 3. The van der Waals surface area contributed by atoms with Gasteiger partial charge in [-0.3, -0.25) is 4.79 Å². The van der Waals surface area contributed by atoms with Gasteiger partial charge in [0.2, 0.25) is 11.1 Å². The molecule has 6 nitrogen and oxygen atoms in total. The fraction of sp³-hybridized carbons (Fsp3) is 0.182. The van der Waals surface area contributed by atoms with Crippen LogP contribution < -0.4 is 11.2 Å². The highest BCUT2D eigenvalue weighted by Gasteiger charge is 2.10. The third kappa shape index (κ3) is 3.40. The van der Waals surface area contributed by atoms with Crippen molar-refractivity contribution in [2.75, 3.05) is 16.9 Å². The number of hydrogen-bond acceptors (Lipinski definition) is 5. The van der Waals surface area contributed by atoms with E-state index in [1.54, 1.807) is 6.92 Å². The third-order valence-corrected chi connectivity index (χ3v) is 3.60. The third-order valence-electron chi connectivity index (χ3n) is 2.37. The van der Waals surface area contributed by atoms with Gasteiger partial charge >= 0.3 is 0 Å². The largest absolute Gasteiger partial charge is 0.336 e. The lowest BCUT2D eigenvalue weighted by atomic mass is 10.3. The first kappa shape index (κ1) is 14.6. The molecule has 0 saturated carbocycles. The molecule has 0 atom stereocenters. The smallest absolute Gasteiger partial charge is 0.234 e. The average molecular weight is 316 g/mol. The van der Waals surface area contributed by atoms with Crippen LogP contribution in [0.4, 0.5) is 10.1 Å². The number of anilines is 1. The van der Waals surface area contributed by atoms with E-state index in [0.29, 0.717) is 16.7 Å². The van der Waals surface area contributed by atoms with Crippen LogP contribution in [-0.2, 0) is 4.79 Å². The van der Waals surface area contributed by atoms with E-state index in [-0.39, 0.29) is 16.7 Å². The van der Waals surface area contributed by atoms with Crippen molar-refractivity contribution in [3.63, 3.8) is 0 Å². The Morgan fingerprint density at radius 1 is 1.55 bits per heavy atom. The number of halogens is 2. The van der Waals surface area contributed by atoms with E-state index in [2.05, 4.69) is 15.5 Å². The van der Waals surface area contributed by atoms with Crippen LogP contribution in [0.25, 0.3) is 0 Å². The highest BCUT2D eigenvalue weighted by molar-refractivity contribution is 7.99. The van der Waals surface area contributed by atoms with E-state index >= 15 is 0 Å². The minimum Gasteiger partial charge on any atom is -0.336 e. The Balaban J connectivity index is 1.92. The standard InChI is InChI=1S/C11H11ClFN5OS/c1-6-16-17-11(18(6)14)20-5-10(19)15-7-2-3-9(13)8(12)4-7/h2-4H,5,14H2,1H3,(H,15,19). The molecule has 1 heterocycles. The van der Waals surface area contributed by atoms with Crippen molar-refractivity contribution in [3.8, 4) is 0 Å². The van der Waals surface area contributed by atoms with E-state index in [1.807, 2.05) is 0 Å². The number of hydrogen-bond donors (Lipinski definition) is 2. The van der Waals surface area contributed by atoms with Crippen LogP contribution in [-0.4, -0.2) is 26.5 Å². The molecule has 0 bridgehead atoms. The molecule has 0 radical (unpaired) electrons. The van der Waals surface area contributed by atoms with Crippen LogP contribution in [0.2, 0.25) is 5.02 Å². The molecule has 1 aromatic carbocycles. The van der Waals surface area contributed by atoms with Crippen LogP contribution in [0, 0.1) is 12.7 Å². The maximum atomic E-state index is 13.0. The van der Waals surface area contributed by atoms with Gasteiger partial charge < -0.3 is 11.2 Å². The zero-order chi connectivity index (χ0) is 14.7. The zero-order valence-corrected chi connectivity index (χ0v) is 12.0. The van der Waals surface area contributed by atoms with Crippen LogP contribution in [0.1, 0.15) is 5.82 Å². The minimum atomic E-state index is -0.536. The second-order valence-electron chi connectivity index (χ2n) is 3.87. The quantitative estimate of drug-likeness (QED) is 0.664. The molecule has 3 N–H and O–H groups in total. The molecule has 0 fully saturated rings. The average Bonchev–Trinajstić information content (AvgIpc) is 2.72. The molecule has 1 aromatic heterocycles. The van der Waals surface area contributed by atoms with E-state index in [0.717, 1.165) is 11.8 Å². The maximum absolute atomic E-state index is 13.0. The SMILES string of the molecule is Cc1nnc(SCC(=O)Nc2ccc(F)c(Cl)c2)n1N. The second-order valence-corrected chi connectivity index (χ2v) is 5.22. The first-order valence-corrected chi connectivity index (χ1v) is 6.88. The van der Waals surface area contributed by atoms with Gasteiger partial charge in [0.05, 0.1) is 10.8 Å². The van der Waals surface area contributed by atoms with Gasteiger partial charge in [0.1, 0.15) is 11.6 Å². The van der Waals surface area contributed by atoms with Gasteiger partial charge in [-0.05, 0) is 25.1 Å². The summed E-state index contributed by atoms with van der Waals surface area (Å²) < 4.78 is 14.3. The van der Waals surface area contributed by atoms with Crippen LogP contribution in [0.15, 0.2) is 23.4 Å². The number of amides is 1. The van der Waals surface area contributed by atoms with E-state index in [4.69, 9.17) is 17.4 Å². The Morgan fingerprint density at radius 2 is 2.30 bits per heavy atom. The van der Waals surface area contributed by atoms with Gasteiger partial charge in [0.15, 0.2) is 0 Å². The lowest BCUT2D eigenvalue weighted by molar-refractivity contribution is -0.113. The number of benzene rings is 1. The van der Waals surface area contributed by atoms with Crippen molar-refractivity contribution in [3.05, 3.63) is 34.9 Å². The summed E-state index contributed by atoms with van der Waals surface area (Å²) in [4.78, 5) is 11.7. The fourth-order valence-electron chi connectivity index (χ4n) is 1.35. The molecule has 1 amide bonds. The number of nitrogen functional groups attached to an aromatic ring is 1. The molecule has 0 aliphatic carbocycles. The van der Waals surface area contributed by atoms with Gasteiger partial charge in [0, 0.05) is 5.69 Å². The predicted octanol–water partition coefficient (Wildman–Crippen LogP) is 1.82. The van der Waals surface area contributed by atoms with E-state index < -0.39 is 5.82 Å². The molecular formula is C11H11ClFN5OS. The van der Waals surface area contributed by atoms with Crippen molar-refractivity contribution in [1.29, 1.82) is 0 Å². The molecule has 0 unspecified atom stereocenters. The summed E-state index contributed by atoms with van der Waals surface area (Å²) in [7, 11) is 0. The van der Waals surface area contributed by atoms with Gasteiger partial charge in [-0.1, -0.05) is 23.4 Å². The summed E-state index contributed by atoms with van der Waals surface area (Å²) in [5.41, 5.74) is 0.424. The van der Waals surface area contributed by atoms with Crippen molar-refractivity contribution in [2.24, 2.45) is 0 Å². The molecule has 20 heavy (non-hydrogen) atoms. The Bertz CT molecular complexity index is 648. The van der Waals surface area contributed by atoms with Crippen molar-refractivity contribution in [1.82, 2.24) is 14.9 Å². The summed E-state index contributed by atoms with van der Waals surface area (Å²) in [6, 6.07) is 3.96. The van der Waals surface area contributed by atoms with Crippen LogP contribution >= 0.6 is 23.4 Å². The molecule has 0 saturated heterocycles. The Kier molecular flexibility index (Phi) is 4.46. The summed E-state index contributed by atoms with van der Waals surface area (Å²) >= 11 is 6.77. The molecule has 9 heteroatoms. The minimum absolute atomic E-state index is 0.0484. The van der Waals surface area contributed by atoms with Crippen molar-refractivity contribution in [2.45, 2.75) is 12.1 Å². The molecule has 2 aromatic rings. The summed E-state index contributed by atoms with van der Waals surface area (Å²) in [5.74, 6) is 5.50. The Morgan fingerprint density at radius 3 is 2.90 bits per heavy atom.